The molecule has 5 nitrogen and oxygen atoms in total. The van der Waals surface area contributed by atoms with Crippen LogP contribution in [0.25, 0.3) is 27.6 Å². The molecule has 0 aliphatic heterocycles. The number of hydrogen-bond donors (Lipinski definition) is 1. The molecule has 2 atom stereocenters. The molecule has 200 valence electrons. The van der Waals surface area contributed by atoms with Gasteiger partial charge in [-0.2, -0.15) is 13.2 Å². The van der Waals surface area contributed by atoms with E-state index in [1.165, 1.54) is 29.0 Å². The van der Waals surface area contributed by atoms with E-state index in [2.05, 4.69) is 9.88 Å². The maximum Gasteiger partial charge on any atom is 0.419 e. The highest BCUT2D eigenvalue weighted by Crippen LogP contribution is 2.37. The summed E-state index contributed by atoms with van der Waals surface area (Å²) >= 11 is 0. The van der Waals surface area contributed by atoms with Crippen LogP contribution in [0.4, 0.5) is 23.4 Å². The Morgan fingerprint density at radius 3 is 2.62 bits per heavy atom. The third-order valence-electron chi connectivity index (χ3n) is 7.60. The maximum atomic E-state index is 13.9. The number of halogens is 4. The number of alkyl halides is 3. The van der Waals surface area contributed by atoms with E-state index in [0.717, 1.165) is 53.0 Å². The van der Waals surface area contributed by atoms with Crippen molar-refractivity contribution in [3.63, 3.8) is 0 Å². The predicted octanol–water partition coefficient (Wildman–Crippen LogP) is 6.93. The van der Waals surface area contributed by atoms with Gasteiger partial charge in [0.05, 0.1) is 16.6 Å². The Morgan fingerprint density at radius 1 is 1.03 bits per heavy atom. The van der Waals surface area contributed by atoms with Crippen molar-refractivity contribution in [2.45, 2.75) is 51.0 Å². The van der Waals surface area contributed by atoms with Crippen molar-refractivity contribution in [1.82, 2.24) is 14.5 Å². The summed E-state index contributed by atoms with van der Waals surface area (Å²) in [7, 11) is 0. The fourth-order valence-corrected chi connectivity index (χ4v) is 5.71. The number of hydrogen-bond acceptors (Lipinski definition) is 4. The van der Waals surface area contributed by atoms with Crippen molar-refractivity contribution in [2.75, 3.05) is 4.90 Å². The van der Waals surface area contributed by atoms with Crippen molar-refractivity contribution >= 4 is 27.6 Å². The van der Waals surface area contributed by atoms with E-state index >= 15 is 0 Å². The van der Waals surface area contributed by atoms with Crippen molar-refractivity contribution in [3.05, 3.63) is 95.6 Å². The molecule has 0 bridgehead atoms. The van der Waals surface area contributed by atoms with E-state index in [0.29, 0.717) is 17.6 Å². The molecule has 0 spiro atoms. The molecular formula is C30H27F4N5. The molecule has 9 heteroatoms. The Bertz CT molecular complexity index is 1680. The molecule has 0 radical (unpaired) electrons. The summed E-state index contributed by atoms with van der Waals surface area (Å²) in [4.78, 5) is 11.2. The van der Waals surface area contributed by atoms with Crippen LogP contribution in [-0.2, 0) is 12.7 Å². The third kappa shape index (κ3) is 4.71. The maximum absolute atomic E-state index is 13.9. The number of pyridine rings is 2. The highest BCUT2D eigenvalue weighted by molar-refractivity contribution is 5.87. The molecular weight excluding hydrogens is 506 g/mol. The Morgan fingerprint density at radius 2 is 1.85 bits per heavy atom. The molecule has 5 aromatic rings. The lowest BCUT2D eigenvalue weighted by Gasteiger charge is -2.31. The summed E-state index contributed by atoms with van der Waals surface area (Å²) in [6.07, 6.45) is 1.10. The lowest BCUT2D eigenvalue weighted by atomic mass is 10.1. The Balaban J connectivity index is 1.49. The van der Waals surface area contributed by atoms with Gasteiger partial charge in [-0.1, -0.05) is 18.2 Å². The first-order valence-electron chi connectivity index (χ1n) is 12.9. The molecule has 1 aliphatic rings. The Labute approximate surface area is 222 Å². The Kier molecular flexibility index (Phi) is 6.26. The van der Waals surface area contributed by atoms with Gasteiger partial charge in [0.1, 0.15) is 17.5 Å². The van der Waals surface area contributed by atoms with Crippen molar-refractivity contribution in [1.29, 1.82) is 0 Å². The number of aromatic nitrogens is 3. The van der Waals surface area contributed by atoms with E-state index < -0.39 is 11.7 Å². The van der Waals surface area contributed by atoms with Gasteiger partial charge in [-0.3, -0.25) is 0 Å². The first kappa shape index (κ1) is 25.3. The van der Waals surface area contributed by atoms with Gasteiger partial charge in [-0.25, -0.2) is 14.4 Å². The second-order valence-corrected chi connectivity index (χ2v) is 10.2. The number of rotatable bonds is 5. The summed E-state index contributed by atoms with van der Waals surface area (Å²) in [6, 6.07) is 16.4. The molecule has 6 rings (SSSR count). The molecule has 1 fully saturated rings. The number of para-hydroxylation sites is 1. The lowest BCUT2D eigenvalue weighted by Crippen LogP contribution is -2.35. The van der Waals surface area contributed by atoms with Gasteiger partial charge < -0.3 is 15.2 Å². The van der Waals surface area contributed by atoms with Crippen molar-refractivity contribution in [2.24, 2.45) is 5.73 Å². The molecule has 0 saturated heterocycles. The largest absolute Gasteiger partial charge is 0.419 e. The van der Waals surface area contributed by atoms with Crippen LogP contribution in [-0.4, -0.2) is 26.6 Å². The number of nitrogens with zero attached hydrogens (tertiary/aromatic N) is 4. The second-order valence-electron chi connectivity index (χ2n) is 10.2. The van der Waals surface area contributed by atoms with Gasteiger partial charge >= 0.3 is 6.18 Å². The quantitative estimate of drug-likeness (QED) is 0.249. The molecule has 1 aliphatic carbocycles. The summed E-state index contributed by atoms with van der Waals surface area (Å²) in [5, 5.41) is 1.58. The van der Waals surface area contributed by atoms with Crippen LogP contribution in [0.3, 0.4) is 0 Å². The lowest BCUT2D eigenvalue weighted by molar-refractivity contribution is -0.137. The number of anilines is 1. The van der Waals surface area contributed by atoms with Crippen LogP contribution in [0.15, 0.2) is 73.1 Å². The fraction of sp³-hybridized carbons (Fsp3) is 0.267. The van der Waals surface area contributed by atoms with Gasteiger partial charge in [0.15, 0.2) is 0 Å². The molecule has 39 heavy (non-hydrogen) atoms. The molecule has 3 heterocycles. The fourth-order valence-electron chi connectivity index (χ4n) is 5.71. The minimum Gasteiger partial charge on any atom is -0.349 e. The van der Waals surface area contributed by atoms with Crippen LogP contribution in [0, 0.1) is 12.7 Å². The standard InChI is InChI=1S/C30H27F4N5/c1-18-13-28(37-26-11-8-20(31)14-24(18)26)38(22-10-9-21(35)15-22)16-19-17-39(27-7-3-2-5-23(19)27)29-25(30(32,33)34)6-4-12-36-29/h2-8,11-14,17,21-22H,9-10,15-16,35H2,1H3. The van der Waals surface area contributed by atoms with E-state index in [4.69, 9.17) is 10.7 Å². The predicted molar refractivity (Wildman–Crippen MR) is 144 cm³/mol. The number of aryl methyl sites for hydroxylation is 1. The van der Waals surface area contributed by atoms with Crippen LogP contribution in [0.5, 0.6) is 0 Å². The van der Waals surface area contributed by atoms with Gasteiger partial charge in [0, 0.05) is 41.8 Å². The molecule has 2 aromatic carbocycles. The topological polar surface area (TPSA) is 60.0 Å². The summed E-state index contributed by atoms with van der Waals surface area (Å²) in [5.74, 6) is 0.249. The van der Waals surface area contributed by atoms with Crippen molar-refractivity contribution < 1.29 is 17.6 Å². The van der Waals surface area contributed by atoms with E-state index in [1.54, 1.807) is 24.4 Å². The van der Waals surface area contributed by atoms with Crippen LogP contribution in [0.1, 0.15) is 36.0 Å². The molecule has 2 unspecified atom stereocenters. The van der Waals surface area contributed by atoms with E-state index in [-0.39, 0.29) is 23.7 Å². The highest BCUT2D eigenvalue weighted by Gasteiger charge is 2.35. The summed E-state index contributed by atoms with van der Waals surface area (Å²) < 4.78 is 57.1. The summed E-state index contributed by atoms with van der Waals surface area (Å²) in [5.41, 5.74) is 8.56. The first-order valence-corrected chi connectivity index (χ1v) is 12.9. The van der Waals surface area contributed by atoms with Gasteiger partial charge in [-0.05, 0) is 79.8 Å². The van der Waals surface area contributed by atoms with Gasteiger partial charge in [0.2, 0.25) is 0 Å². The monoisotopic (exact) mass is 533 g/mol. The van der Waals surface area contributed by atoms with E-state index in [1.807, 2.05) is 25.1 Å². The smallest absolute Gasteiger partial charge is 0.349 e. The average Bonchev–Trinajstić information content (AvgIpc) is 3.50. The van der Waals surface area contributed by atoms with Crippen LogP contribution in [0.2, 0.25) is 0 Å². The molecule has 0 amide bonds. The molecule has 3 aromatic heterocycles. The van der Waals surface area contributed by atoms with Crippen LogP contribution < -0.4 is 10.6 Å². The van der Waals surface area contributed by atoms with Crippen LogP contribution >= 0.6 is 0 Å². The zero-order valence-electron chi connectivity index (χ0n) is 21.3. The average molecular weight is 534 g/mol. The van der Waals surface area contributed by atoms with Gasteiger partial charge in [0.25, 0.3) is 0 Å². The highest BCUT2D eigenvalue weighted by atomic mass is 19.4. The first-order chi connectivity index (χ1) is 18.7. The van der Waals surface area contributed by atoms with Gasteiger partial charge in [-0.15, -0.1) is 0 Å². The van der Waals surface area contributed by atoms with E-state index in [9.17, 15) is 17.6 Å². The normalized spacial score (nSPS) is 17.8. The summed E-state index contributed by atoms with van der Waals surface area (Å²) in [6.45, 7) is 2.34. The molecule has 1 saturated carbocycles. The minimum atomic E-state index is -4.55. The zero-order chi connectivity index (χ0) is 27.3. The Hall–Kier alpha value is -3.98. The van der Waals surface area contributed by atoms with Crippen molar-refractivity contribution in [3.8, 4) is 5.82 Å². The second kappa shape index (κ2) is 9.64. The number of nitrogens with two attached hydrogens (primary N) is 1. The molecule has 2 N–H and O–H groups in total. The number of benzene rings is 2. The zero-order valence-corrected chi connectivity index (χ0v) is 21.3. The minimum absolute atomic E-state index is 0.0670. The SMILES string of the molecule is Cc1cc(N(Cc2cn(-c3ncccc3C(F)(F)F)c3ccccc23)C2CCC(N)C2)nc2ccc(F)cc12. The third-order valence-corrected chi connectivity index (χ3v) is 7.60. The number of fused-ring (bicyclic) bond motifs is 2.